The van der Waals surface area contributed by atoms with Gasteiger partial charge in [-0.2, -0.15) is 4.98 Å². The summed E-state index contributed by atoms with van der Waals surface area (Å²) >= 11 is 0. The fraction of sp³-hybridized carbons (Fsp3) is 0.200. The third-order valence-corrected chi connectivity index (χ3v) is 5.94. The monoisotopic (exact) mass is 475 g/mol. The quantitative estimate of drug-likeness (QED) is 0.468. The van der Waals surface area contributed by atoms with Crippen LogP contribution in [0.25, 0.3) is 22.3 Å². The molecule has 0 bridgehead atoms. The Labute approximate surface area is 200 Å². The molecular formula is C25H23F2N7O. The lowest BCUT2D eigenvalue weighted by atomic mass is 10.1. The van der Waals surface area contributed by atoms with Gasteiger partial charge in [0.25, 0.3) is 0 Å². The largest absolute Gasteiger partial charge is 0.368 e. The summed E-state index contributed by atoms with van der Waals surface area (Å²) in [7, 11) is 0. The number of rotatable bonds is 4. The number of amides is 2. The number of nitrogens with two attached hydrogens (primary N) is 1. The number of hydrogen-bond acceptors (Lipinski definition) is 6. The molecule has 0 aliphatic carbocycles. The van der Waals surface area contributed by atoms with Crippen molar-refractivity contribution < 1.29 is 13.6 Å². The first-order valence-corrected chi connectivity index (χ1v) is 11.2. The summed E-state index contributed by atoms with van der Waals surface area (Å²) in [6, 6.07) is 15.8. The number of nitrogens with one attached hydrogen (secondary N) is 1. The van der Waals surface area contributed by atoms with Crippen LogP contribution in [0.5, 0.6) is 0 Å². The Hall–Kier alpha value is -4.34. The van der Waals surface area contributed by atoms with E-state index >= 15 is 0 Å². The van der Waals surface area contributed by atoms with Crippen LogP contribution in [-0.2, 0) is 6.54 Å². The predicted molar refractivity (Wildman–Crippen MR) is 130 cm³/mol. The van der Waals surface area contributed by atoms with Crippen LogP contribution in [0.3, 0.4) is 0 Å². The number of benzene rings is 2. The van der Waals surface area contributed by atoms with E-state index in [4.69, 9.17) is 10.7 Å². The molecule has 1 saturated heterocycles. The van der Waals surface area contributed by atoms with Crippen molar-refractivity contribution in [2.45, 2.75) is 6.54 Å². The molecule has 0 unspecified atom stereocenters. The average molecular weight is 476 g/mol. The zero-order valence-electron chi connectivity index (χ0n) is 18.8. The Kier molecular flexibility index (Phi) is 6.09. The Balaban J connectivity index is 1.31. The van der Waals surface area contributed by atoms with Gasteiger partial charge < -0.3 is 20.9 Å². The van der Waals surface area contributed by atoms with Gasteiger partial charge >= 0.3 is 6.03 Å². The van der Waals surface area contributed by atoms with Crippen LogP contribution in [0.15, 0.2) is 60.7 Å². The number of carbonyl (C=O) groups is 1. The summed E-state index contributed by atoms with van der Waals surface area (Å²) in [5.41, 5.74) is 9.01. The minimum absolute atomic E-state index is 0.120. The van der Waals surface area contributed by atoms with E-state index in [-0.39, 0.29) is 30.2 Å². The predicted octanol–water partition coefficient (Wildman–Crippen LogP) is 3.58. The number of hydrogen-bond donors (Lipinski definition) is 2. The number of piperazine rings is 1. The number of fused-ring (bicyclic) bond motifs is 1. The molecule has 4 aromatic rings. The van der Waals surface area contributed by atoms with E-state index < -0.39 is 0 Å². The van der Waals surface area contributed by atoms with Gasteiger partial charge in [0, 0.05) is 43.9 Å². The zero-order valence-corrected chi connectivity index (χ0v) is 18.8. The van der Waals surface area contributed by atoms with Crippen LogP contribution in [0.2, 0.25) is 0 Å². The summed E-state index contributed by atoms with van der Waals surface area (Å²) < 4.78 is 27.2. The first-order chi connectivity index (χ1) is 17.0. The van der Waals surface area contributed by atoms with Crippen molar-refractivity contribution in [3.63, 3.8) is 0 Å². The highest BCUT2D eigenvalue weighted by atomic mass is 19.1. The molecule has 5 rings (SSSR count). The Morgan fingerprint density at radius 2 is 1.66 bits per heavy atom. The highest BCUT2D eigenvalue weighted by molar-refractivity contribution is 5.88. The first kappa shape index (κ1) is 22.5. The maximum Gasteiger partial charge on any atom is 0.317 e. The van der Waals surface area contributed by atoms with Gasteiger partial charge in [-0.15, -0.1) is 0 Å². The molecule has 0 spiro atoms. The van der Waals surface area contributed by atoms with E-state index in [1.54, 1.807) is 35.2 Å². The van der Waals surface area contributed by atoms with Crippen molar-refractivity contribution in [1.29, 1.82) is 0 Å². The normalized spacial score (nSPS) is 13.8. The van der Waals surface area contributed by atoms with Gasteiger partial charge in [-0.1, -0.05) is 18.2 Å². The lowest BCUT2D eigenvalue weighted by molar-refractivity contribution is 0.193. The van der Waals surface area contributed by atoms with Gasteiger partial charge in [-0.3, -0.25) is 0 Å². The van der Waals surface area contributed by atoms with Crippen molar-refractivity contribution in [2.24, 2.45) is 0 Å². The standard InChI is InChI=1S/C25H23F2N7O/c26-18-7-5-16(6-8-18)20-9-10-21-22(30-20)23(32-24(28)31-21)33-11-13-34(14-12-33)25(35)29-15-17-3-1-2-4-19(17)27/h1-10H,11-15H2,(H,29,35)(H2,28,31,32). The average Bonchev–Trinajstić information content (AvgIpc) is 2.88. The third kappa shape index (κ3) is 4.81. The highest BCUT2D eigenvalue weighted by Crippen LogP contribution is 2.27. The Morgan fingerprint density at radius 3 is 2.40 bits per heavy atom. The molecule has 0 atom stereocenters. The van der Waals surface area contributed by atoms with Crippen molar-refractivity contribution in [3.8, 4) is 11.3 Å². The van der Waals surface area contributed by atoms with Gasteiger partial charge in [-0.05, 0) is 42.5 Å². The third-order valence-electron chi connectivity index (χ3n) is 5.94. The van der Waals surface area contributed by atoms with E-state index in [1.807, 2.05) is 17.0 Å². The molecular weight excluding hydrogens is 452 g/mol. The molecule has 3 heterocycles. The number of anilines is 2. The molecule has 2 aromatic heterocycles. The molecule has 8 nitrogen and oxygen atoms in total. The maximum atomic E-state index is 13.8. The number of nitrogen functional groups attached to an aromatic ring is 1. The molecule has 1 aliphatic rings. The molecule has 178 valence electrons. The molecule has 1 fully saturated rings. The van der Waals surface area contributed by atoms with Crippen LogP contribution in [-0.4, -0.2) is 52.1 Å². The minimum atomic E-state index is -0.349. The summed E-state index contributed by atoms with van der Waals surface area (Å²) in [4.78, 5) is 29.8. The van der Waals surface area contributed by atoms with Crippen LogP contribution in [0.4, 0.5) is 25.3 Å². The Morgan fingerprint density at radius 1 is 0.914 bits per heavy atom. The summed E-state index contributed by atoms with van der Waals surface area (Å²) in [6.07, 6.45) is 0. The SMILES string of the molecule is Nc1nc(N2CCN(C(=O)NCc3ccccc3F)CC2)c2nc(-c3ccc(F)cc3)ccc2n1. The minimum Gasteiger partial charge on any atom is -0.368 e. The molecule has 35 heavy (non-hydrogen) atoms. The molecule has 1 aliphatic heterocycles. The van der Waals surface area contributed by atoms with Crippen LogP contribution < -0.4 is 16.0 Å². The molecule has 3 N–H and O–H groups in total. The van der Waals surface area contributed by atoms with E-state index in [0.29, 0.717) is 54.3 Å². The lowest BCUT2D eigenvalue weighted by Gasteiger charge is -2.35. The Bertz CT molecular complexity index is 1370. The van der Waals surface area contributed by atoms with Crippen LogP contribution in [0, 0.1) is 11.6 Å². The summed E-state index contributed by atoms with van der Waals surface area (Å²) in [5, 5.41) is 2.78. The summed E-state index contributed by atoms with van der Waals surface area (Å²) in [6.45, 7) is 2.05. The lowest BCUT2D eigenvalue weighted by Crippen LogP contribution is -2.52. The van der Waals surface area contributed by atoms with Gasteiger partial charge in [0.2, 0.25) is 5.95 Å². The molecule has 0 radical (unpaired) electrons. The highest BCUT2D eigenvalue weighted by Gasteiger charge is 2.24. The molecule has 2 amide bonds. The number of halogens is 2. The number of aromatic nitrogens is 3. The van der Waals surface area contributed by atoms with Crippen molar-refractivity contribution in [2.75, 3.05) is 36.8 Å². The first-order valence-electron chi connectivity index (χ1n) is 11.2. The number of nitrogens with zero attached hydrogens (tertiary/aromatic N) is 5. The maximum absolute atomic E-state index is 13.8. The molecule has 2 aromatic carbocycles. The van der Waals surface area contributed by atoms with Crippen molar-refractivity contribution >= 4 is 28.8 Å². The van der Waals surface area contributed by atoms with Gasteiger partial charge in [0.1, 0.15) is 17.2 Å². The van der Waals surface area contributed by atoms with E-state index in [2.05, 4.69) is 15.3 Å². The van der Waals surface area contributed by atoms with Gasteiger partial charge in [0.05, 0.1) is 11.2 Å². The zero-order chi connectivity index (χ0) is 24.4. The molecule has 10 heteroatoms. The number of urea groups is 1. The van der Waals surface area contributed by atoms with E-state index in [0.717, 1.165) is 5.56 Å². The van der Waals surface area contributed by atoms with Crippen LogP contribution in [0.1, 0.15) is 5.56 Å². The van der Waals surface area contributed by atoms with E-state index in [9.17, 15) is 13.6 Å². The van der Waals surface area contributed by atoms with Crippen LogP contribution >= 0.6 is 0 Å². The smallest absolute Gasteiger partial charge is 0.317 e. The summed E-state index contributed by atoms with van der Waals surface area (Å²) in [5.74, 6) is 0.0530. The van der Waals surface area contributed by atoms with Crippen molar-refractivity contribution in [1.82, 2.24) is 25.2 Å². The fourth-order valence-corrected chi connectivity index (χ4v) is 4.06. The fourth-order valence-electron chi connectivity index (χ4n) is 4.06. The number of pyridine rings is 1. The van der Waals surface area contributed by atoms with Gasteiger partial charge in [0.15, 0.2) is 5.82 Å². The molecule has 0 saturated carbocycles. The number of carbonyl (C=O) groups excluding carboxylic acids is 1. The van der Waals surface area contributed by atoms with Gasteiger partial charge in [-0.25, -0.2) is 23.5 Å². The second-order valence-corrected chi connectivity index (χ2v) is 8.20. The second-order valence-electron chi connectivity index (χ2n) is 8.20. The topological polar surface area (TPSA) is 100 Å². The van der Waals surface area contributed by atoms with Crippen molar-refractivity contribution in [3.05, 3.63) is 77.9 Å². The van der Waals surface area contributed by atoms with E-state index in [1.165, 1.54) is 18.2 Å². The second kappa shape index (κ2) is 9.49.